The maximum Gasteiger partial charge on any atom is 0.313 e. The number of aromatic nitrogens is 3. The van der Waals surface area contributed by atoms with Crippen molar-refractivity contribution < 1.29 is 9.90 Å². The molecular formula is C11H11BrN4O2S. The Labute approximate surface area is 122 Å². The van der Waals surface area contributed by atoms with Crippen LogP contribution in [0.25, 0.3) is 11.4 Å². The lowest BCUT2D eigenvalue weighted by molar-refractivity contribution is -0.133. The van der Waals surface area contributed by atoms with Crippen LogP contribution < -0.4 is 5.84 Å². The molecule has 0 radical (unpaired) electrons. The van der Waals surface area contributed by atoms with E-state index in [1.807, 2.05) is 25.1 Å². The molecule has 8 heteroatoms. The van der Waals surface area contributed by atoms with Gasteiger partial charge in [-0.05, 0) is 18.6 Å². The summed E-state index contributed by atoms with van der Waals surface area (Å²) in [5.74, 6) is 5.38. The predicted molar refractivity (Wildman–Crippen MR) is 76.4 cm³/mol. The molecular weight excluding hydrogens is 332 g/mol. The van der Waals surface area contributed by atoms with E-state index >= 15 is 0 Å². The summed E-state index contributed by atoms with van der Waals surface area (Å²) >= 11 is 4.48. The van der Waals surface area contributed by atoms with Gasteiger partial charge < -0.3 is 10.9 Å². The van der Waals surface area contributed by atoms with Gasteiger partial charge in [0.05, 0.1) is 5.75 Å². The minimum Gasteiger partial charge on any atom is -0.481 e. The molecule has 0 fully saturated rings. The van der Waals surface area contributed by atoms with Gasteiger partial charge in [0.25, 0.3) is 0 Å². The zero-order valence-electron chi connectivity index (χ0n) is 10.00. The Bertz CT molecular complexity index is 629. The van der Waals surface area contributed by atoms with Crippen molar-refractivity contribution in [1.29, 1.82) is 0 Å². The molecule has 0 spiro atoms. The number of aliphatic carboxylic acids is 1. The van der Waals surface area contributed by atoms with Crippen LogP contribution in [0.3, 0.4) is 0 Å². The number of thioether (sulfide) groups is 1. The Hall–Kier alpha value is -1.54. The van der Waals surface area contributed by atoms with Crippen molar-refractivity contribution in [2.75, 3.05) is 11.6 Å². The Morgan fingerprint density at radius 1 is 1.53 bits per heavy atom. The first-order chi connectivity index (χ1) is 9.00. The molecule has 0 bridgehead atoms. The predicted octanol–water partition coefficient (Wildman–Crippen LogP) is 1.91. The fraction of sp³-hybridized carbons (Fsp3) is 0.182. The van der Waals surface area contributed by atoms with Crippen LogP contribution in [0.5, 0.6) is 0 Å². The third-order valence-electron chi connectivity index (χ3n) is 2.50. The zero-order valence-corrected chi connectivity index (χ0v) is 12.4. The van der Waals surface area contributed by atoms with Crippen molar-refractivity contribution in [2.24, 2.45) is 0 Å². The van der Waals surface area contributed by atoms with Gasteiger partial charge in [-0.15, -0.1) is 10.2 Å². The number of carboxylic acids is 1. The highest BCUT2D eigenvalue weighted by Crippen LogP contribution is 2.28. The van der Waals surface area contributed by atoms with Gasteiger partial charge in [-0.25, -0.2) is 4.68 Å². The number of nitrogens with two attached hydrogens (primary N) is 1. The monoisotopic (exact) mass is 342 g/mol. The summed E-state index contributed by atoms with van der Waals surface area (Å²) in [6.45, 7) is 1.94. The largest absolute Gasteiger partial charge is 0.481 e. The van der Waals surface area contributed by atoms with Crippen LogP contribution in [0.4, 0.5) is 0 Å². The third kappa shape index (κ3) is 2.90. The molecule has 1 heterocycles. The molecule has 1 aromatic heterocycles. The maximum atomic E-state index is 10.5. The fourth-order valence-electron chi connectivity index (χ4n) is 1.54. The molecule has 0 unspecified atom stereocenters. The smallest absolute Gasteiger partial charge is 0.313 e. The number of hydrogen-bond donors (Lipinski definition) is 2. The van der Waals surface area contributed by atoms with Crippen LogP contribution in [0.15, 0.2) is 27.8 Å². The van der Waals surface area contributed by atoms with E-state index < -0.39 is 5.97 Å². The molecule has 0 aliphatic carbocycles. The number of hydrogen-bond acceptors (Lipinski definition) is 5. The molecule has 0 saturated carbocycles. The fourth-order valence-corrected chi connectivity index (χ4v) is 2.48. The van der Waals surface area contributed by atoms with E-state index in [-0.39, 0.29) is 5.75 Å². The lowest BCUT2D eigenvalue weighted by Crippen LogP contribution is -2.13. The summed E-state index contributed by atoms with van der Waals surface area (Å²) in [6.07, 6.45) is 0. The number of benzene rings is 1. The highest BCUT2D eigenvalue weighted by atomic mass is 79.9. The van der Waals surface area contributed by atoms with Crippen LogP contribution in [0, 0.1) is 6.92 Å². The SMILES string of the molecule is Cc1c(Br)cccc1-c1nnc(SCC(=O)O)n1N. The number of carboxylic acid groups (broad SMARTS) is 1. The van der Waals surface area contributed by atoms with Gasteiger partial charge in [-0.3, -0.25) is 4.79 Å². The second-order valence-electron chi connectivity index (χ2n) is 3.77. The van der Waals surface area contributed by atoms with E-state index in [2.05, 4.69) is 26.1 Å². The van der Waals surface area contributed by atoms with Gasteiger partial charge in [0, 0.05) is 10.0 Å². The number of nitrogens with zero attached hydrogens (tertiary/aromatic N) is 3. The summed E-state index contributed by atoms with van der Waals surface area (Å²) in [4.78, 5) is 10.5. The van der Waals surface area contributed by atoms with Gasteiger partial charge in [0.2, 0.25) is 5.16 Å². The lowest BCUT2D eigenvalue weighted by atomic mass is 10.1. The average Bonchev–Trinajstić information content (AvgIpc) is 2.72. The molecule has 1 aromatic carbocycles. The minimum absolute atomic E-state index is 0.104. The normalized spacial score (nSPS) is 10.6. The summed E-state index contributed by atoms with van der Waals surface area (Å²) in [5.41, 5.74) is 1.85. The molecule has 0 aliphatic rings. The lowest BCUT2D eigenvalue weighted by Gasteiger charge is -2.07. The molecule has 6 nitrogen and oxygen atoms in total. The van der Waals surface area contributed by atoms with Crippen LogP contribution in [0.2, 0.25) is 0 Å². The average molecular weight is 343 g/mol. The number of rotatable bonds is 4. The Kier molecular flexibility index (Phi) is 4.11. The first-order valence-corrected chi connectivity index (χ1v) is 7.09. The molecule has 19 heavy (non-hydrogen) atoms. The maximum absolute atomic E-state index is 10.5. The Balaban J connectivity index is 2.36. The van der Waals surface area contributed by atoms with E-state index in [9.17, 15) is 4.79 Å². The van der Waals surface area contributed by atoms with Crippen LogP contribution in [-0.4, -0.2) is 31.7 Å². The van der Waals surface area contributed by atoms with Gasteiger partial charge in [-0.2, -0.15) is 0 Å². The number of halogens is 1. The Morgan fingerprint density at radius 2 is 2.26 bits per heavy atom. The molecule has 0 amide bonds. The van der Waals surface area contributed by atoms with Crippen molar-refractivity contribution in [1.82, 2.24) is 14.9 Å². The highest BCUT2D eigenvalue weighted by molar-refractivity contribution is 9.10. The quantitative estimate of drug-likeness (QED) is 0.651. The van der Waals surface area contributed by atoms with Gasteiger partial charge in [-0.1, -0.05) is 39.8 Å². The van der Waals surface area contributed by atoms with Gasteiger partial charge >= 0.3 is 5.97 Å². The first-order valence-electron chi connectivity index (χ1n) is 5.31. The van der Waals surface area contributed by atoms with Crippen LogP contribution >= 0.6 is 27.7 Å². The minimum atomic E-state index is -0.923. The molecule has 100 valence electrons. The molecule has 0 saturated heterocycles. The third-order valence-corrected chi connectivity index (χ3v) is 4.28. The van der Waals surface area contributed by atoms with Crippen molar-refractivity contribution in [3.8, 4) is 11.4 Å². The molecule has 2 aromatic rings. The summed E-state index contributed by atoms with van der Waals surface area (Å²) < 4.78 is 2.26. The van der Waals surface area contributed by atoms with Crippen molar-refractivity contribution in [3.63, 3.8) is 0 Å². The summed E-state index contributed by atoms with van der Waals surface area (Å²) in [7, 11) is 0. The van der Waals surface area contributed by atoms with E-state index in [1.165, 1.54) is 4.68 Å². The van der Waals surface area contributed by atoms with Gasteiger partial charge in [0.15, 0.2) is 5.82 Å². The van der Waals surface area contributed by atoms with E-state index in [0.717, 1.165) is 27.4 Å². The first kappa shape index (κ1) is 13.9. The highest BCUT2D eigenvalue weighted by Gasteiger charge is 2.15. The number of carbonyl (C=O) groups is 1. The summed E-state index contributed by atoms with van der Waals surface area (Å²) in [5, 5.41) is 16.9. The van der Waals surface area contributed by atoms with Crippen molar-refractivity contribution in [3.05, 3.63) is 28.2 Å². The zero-order chi connectivity index (χ0) is 14.0. The standard InChI is InChI=1S/C11H11BrN4O2S/c1-6-7(3-2-4-8(6)12)10-14-15-11(16(10)13)19-5-9(17)18/h2-4H,5,13H2,1H3,(H,17,18). The molecule has 0 atom stereocenters. The van der Waals surface area contributed by atoms with Crippen LogP contribution in [-0.2, 0) is 4.79 Å². The van der Waals surface area contributed by atoms with E-state index in [4.69, 9.17) is 10.9 Å². The second kappa shape index (κ2) is 5.62. The van der Waals surface area contributed by atoms with Crippen molar-refractivity contribution in [2.45, 2.75) is 12.1 Å². The topological polar surface area (TPSA) is 94.0 Å². The van der Waals surface area contributed by atoms with Crippen LogP contribution in [0.1, 0.15) is 5.56 Å². The molecule has 2 rings (SSSR count). The molecule has 3 N–H and O–H groups in total. The van der Waals surface area contributed by atoms with E-state index in [1.54, 1.807) is 0 Å². The summed E-state index contributed by atoms with van der Waals surface area (Å²) in [6, 6.07) is 5.69. The van der Waals surface area contributed by atoms with E-state index in [0.29, 0.717) is 11.0 Å². The van der Waals surface area contributed by atoms with Crippen molar-refractivity contribution >= 4 is 33.7 Å². The Morgan fingerprint density at radius 3 is 2.95 bits per heavy atom. The molecule has 0 aliphatic heterocycles. The number of nitrogen functional groups attached to an aromatic ring is 1. The van der Waals surface area contributed by atoms with Gasteiger partial charge in [0.1, 0.15) is 0 Å². The second-order valence-corrected chi connectivity index (χ2v) is 5.57.